The SMILES string of the molecule is [2H]C([2H])([2H])O[C@H]1CC[C@H](n2c([C@@H]3CCOC(=O)N3c3cc(F)cc(Cl)c3)nc3cc(-c4c(C)noc4C)ccc32)CC1. The molecule has 3 heterocycles. The number of ether oxygens (including phenoxy) is 2. The van der Waals surface area contributed by atoms with Gasteiger partial charge in [-0.15, -0.1) is 0 Å². The van der Waals surface area contributed by atoms with E-state index in [1.807, 2.05) is 32.0 Å². The number of aromatic nitrogens is 3. The van der Waals surface area contributed by atoms with Crippen LogP contribution in [0.2, 0.25) is 5.02 Å². The molecule has 10 heteroatoms. The Kier molecular flexibility index (Phi) is 5.90. The Morgan fingerprint density at radius 2 is 1.95 bits per heavy atom. The lowest BCUT2D eigenvalue weighted by Crippen LogP contribution is -2.42. The van der Waals surface area contributed by atoms with Gasteiger partial charge in [-0.05, 0) is 75.4 Å². The molecular weight excluding hydrogens is 523 g/mol. The van der Waals surface area contributed by atoms with Gasteiger partial charge in [0.1, 0.15) is 23.4 Å². The topological polar surface area (TPSA) is 82.6 Å². The molecule has 39 heavy (non-hydrogen) atoms. The van der Waals surface area contributed by atoms with Gasteiger partial charge in [-0.1, -0.05) is 22.8 Å². The molecule has 1 amide bonds. The van der Waals surface area contributed by atoms with Gasteiger partial charge in [0.2, 0.25) is 0 Å². The predicted octanol–water partition coefficient (Wildman–Crippen LogP) is 7.32. The molecule has 2 aliphatic rings. The molecule has 6 rings (SSSR count). The van der Waals surface area contributed by atoms with E-state index in [2.05, 4.69) is 9.72 Å². The molecule has 1 aliphatic heterocycles. The van der Waals surface area contributed by atoms with Crippen molar-refractivity contribution in [3.8, 4) is 11.1 Å². The summed E-state index contributed by atoms with van der Waals surface area (Å²) in [5.41, 5.74) is 4.44. The predicted molar refractivity (Wildman–Crippen MR) is 146 cm³/mol. The molecule has 4 aromatic rings. The van der Waals surface area contributed by atoms with Crippen molar-refractivity contribution in [2.24, 2.45) is 0 Å². The minimum absolute atomic E-state index is 0.0257. The number of methoxy groups -OCH3 is 1. The minimum Gasteiger partial charge on any atom is -0.449 e. The van der Waals surface area contributed by atoms with E-state index in [-0.39, 0.29) is 29.5 Å². The highest BCUT2D eigenvalue weighted by molar-refractivity contribution is 6.30. The zero-order valence-corrected chi connectivity index (χ0v) is 22.4. The second-order valence-corrected chi connectivity index (χ2v) is 10.6. The Bertz CT molecular complexity index is 1610. The number of anilines is 1. The number of imidazole rings is 1. The number of halogens is 2. The van der Waals surface area contributed by atoms with Gasteiger partial charge in [-0.3, -0.25) is 4.90 Å². The number of cyclic esters (lactones) is 1. The quantitative estimate of drug-likeness (QED) is 0.256. The second kappa shape index (κ2) is 10.3. The van der Waals surface area contributed by atoms with Gasteiger partial charge in [0.15, 0.2) is 0 Å². The van der Waals surface area contributed by atoms with Gasteiger partial charge in [0.25, 0.3) is 0 Å². The molecule has 8 nitrogen and oxygen atoms in total. The minimum atomic E-state index is -2.45. The molecule has 1 aliphatic carbocycles. The first-order chi connectivity index (χ1) is 20.0. The molecule has 204 valence electrons. The van der Waals surface area contributed by atoms with Crippen LogP contribution in [-0.2, 0) is 9.47 Å². The molecule has 0 radical (unpaired) electrons. The number of nitrogens with zero attached hydrogens (tertiary/aromatic N) is 4. The number of carbonyl (C=O) groups is 1. The van der Waals surface area contributed by atoms with Gasteiger partial charge >= 0.3 is 6.09 Å². The molecule has 0 bridgehead atoms. The van der Waals surface area contributed by atoms with Gasteiger partial charge < -0.3 is 18.6 Å². The van der Waals surface area contributed by atoms with Crippen LogP contribution in [0.3, 0.4) is 0 Å². The van der Waals surface area contributed by atoms with Gasteiger partial charge in [0, 0.05) is 30.1 Å². The number of benzene rings is 2. The van der Waals surface area contributed by atoms with Crippen molar-refractivity contribution in [2.75, 3.05) is 18.5 Å². The highest BCUT2D eigenvalue weighted by Crippen LogP contribution is 2.41. The highest BCUT2D eigenvalue weighted by Gasteiger charge is 2.38. The third-order valence-corrected chi connectivity index (χ3v) is 7.98. The van der Waals surface area contributed by atoms with E-state index in [0.717, 1.165) is 27.9 Å². The third-order valence-electron chi connectivity index (χ3n) is 7.76. The molecule has 1 atom stereocenters. The number of aryl methyl sites for hydroxylation is 2. The Labute approximate surface area is 234 Å². The number of hydrogen-bond donors (Lipinski definition) is 0. The maximum Gasteiger partial charge on any atom is 0.414 e. The van der Waals surface area contributed by atoms with Crippen molar-refractivity contribution in [2.45, 2.75) is 64.1 Å². The lowest BCUT2D eigenvalue weighted by Gasteiger charge is -2.37. The monoisotopic (exact) mass is 555 g/mol. The van der Waals surface area contributed by atoms with Gasteiger partial charge in [0.05, 0.1) is 39.2 Å². The average molecular weight is 556 g/mol. The van der Waals surface area contributed by atoms with Crippen molar-refractivity contribution in [3.63, 3.8) is 0 Å². The standard InChI is InChI=1S/C29H30ClFN4O4/c1-16-27(17(2)39-33-16)18-4-9-25-24(12-18)32-28(34(25)21-5-7-23(37-3)8-6-21)26-10-11-38-29(36)35(26)22-14-19(30)13-20(31)15-22/h4,9,12-15,21,23,26H,5-8,10-11H2,1-3H3/t21-,23-,26-/m0/s1/i3D3. The molecule has 2 fully saturated rings. The van der Waals surface area contributed by atoms with Crippen LogP contribution in [0.5, 0.6) is 0 Å². The van der Waals surface area contributed by atoms with E-state index in [9.17, 15) is 9.18 Å². The summed E-state index contributed by atoms with van der Waals surface area (Å²) in [6.07, 6.45) is 1.90. The summed E-state index contributed by atoms with van der Waals surface area (Å²) in [4.78, 5) is 19.7. The van der Waals surface area contributed by atoms with Crippen molar-refractivity contribution >= 4 is 34.4 Å². The Balaban J connectivity index is 1.46. The first kappa shape index (κ1) is 22.4. The fourth-order valence-electron chi connectivity index (χ4n) is 6.00. The summed E-state index contributed by atoms with van der Waals surface area (Å²) in [6.45, 7) is 3.92. The van der Waals surface area contributed by atoms with E-state index >= 15 is 0 Å². The first-order valence-electron chi connectivity index (χ1n) is 14.5. The Hall–Kier alpha value is -3.43. The smallest absolute Gasteiger partial charge is 0.414 e. The Morgan fingerprint density at radius 3 is 2.67 bits per heavy atom. The first-order valence-corrected chi connectivity index (χ1v) is 13.4. The van der Waals surface area contributed by atoms with E-state index in [1.54, 1.807) is 0 Å². The maximum atomic E-state index is 14.4. The fraction of sp³-hybridized carbons (Fsp3) is 0.414. The molecular formula is C29H30ClFN4O4. The molecule has 0 spiro atoms. The maximum absolute atomic E-state index is 14.4. The third kappa shape index (κ3) is 4.67. The van der Waals surface area contributed by atoms with Crippen molar-refractivity contribution in [1.82, 2.24) is 14.7 Å². The van der Waals surface area contributed by atoms with Crippen LogP contribution in [0, 0.1) is 19.7 Å². The van der Waals surface area contributed by atoms with Crippen LogP contribution in [0.15, 0.2) is 40.9 Å². The van der Waals surface area contributed by atoms with Crippen LogP contribution < -0.4 is 4.90 Å². The molecule has 0 unspecified atom stereocenters. The van der Waals surface area contributed by atoms with Crippen LogP contribution in [-0.4, -0.2) is 40.5 Å². The highest BCUT2D eigenvalue weighted by atomic mass is 35.5. The van der Waals surface area contributed by atoms with Crippen LogP contribution in [0.25, 0.3) is 22.2 Å². The van der Waals surface area contributed by atoms with Crippen LogP contribution in [0.1, 0.15) is 65.6 Å². The van der Waals surface area contributed by atoms with Gasteiger partial charge in [-0.25, -0.2) is 14.2 Å². The van der Waals surface area contributed by atoms with Crippen LogP contribution in [0.4, 0.5) is 14.9 Å². The molecule has 2 aromatic carbocycles. The largest absolute Gasteiger partial charge is 0.449 e. The number of hydrogen-bond acceptors (Lipinski definition) is 6. The average Bonchev–Trinajstić information content (AvgIpc) is 3.46. The molecule has 1 saturated carbocycles. The van der Waals surface area contributed by atoms with Crippen molar-refractivity contribution in [1.29, 1.82) is 0 Å². The van der Waals surface area contributed by atoms with E-state index in [0.29, 0.717) is 43.7 Å². The van der Waals surface area contributed by atoms with E-state index < -0.39 is 25.0 Å². The number of amides is 1. The zero-order chi connectivity index (χ0) is 29.8. The number of rotatable bonds is 5. The number of carbonyl (C=O) groups excluding carboxylic acids is 1. The summed E-state index contributed by atoms with van der Waals surface area (Å²) in [5.74, 6) is 0.765. The second-order valence-electron chi connectivity index (χ2n) is 10.2. The lowest BCUT2D eigenvalue weighted by atomic mass is 9.92. The molecule has 1 saturated heterocycles. The van der Waals surface area contributed by atoms with Crippen molar-refractivity contribution in [3.05, 3.63) is 64.5 Å². The normalized spacial score (nSPS) is 23.4. The van der Waals surface area contributed by atoms with Crippen LogP contribution >= 0.6 is 11.6 Å². The van der Waals surface area contributed by atoms with E-state index in [4.69, 9.17) is 34.7 Å². The molecule has 2 aromatic heterocycles. The summed E-state index contributed by atoms with van der Waals surface area (Å²) in [7, 11) is -2.45. The lowest BCUT2D eigenvalue weighted by molar-refractivity contribution is 0.0582. The van der Waals surface area contributed by atoms with Gasteiger partial charge in [-0.2, -0.15) is 0 Å². The summed E-state index contributed by atoms with van der Waals surface area (Å²) < 4.78 is 55.2. The van der Waals surface area contributed by atoms with Crippen molar-refractivity contribution < 1.29 is 27.3 Å². The zero-order valence-electron chi connectivity index (χ0n) is 24.6. The fourth-order valence-corrected chi connectivity index (χ4v) is 6.22. The Morgan fingerprint density at radius 1 is 1.13 bits per heavy atom. The number of fused-ring (bicyclic) bond motifs is 1. The molecule has 0 N–H and O–H groups in total. The van der Waals surface area contributed by atoms with E-state index in [1.165, 1.54) is 23.1 Å². The summed E-state index contributed by atoms with van der Waals surface area (Å²) in [6, 6.07) is 9.37. The summed E-state index contributed by atoms with van der Waals surface area (Å²) >= 11 is 6.17. The summed E-state index contributed by atoms with van der Waals surface area (Å²) in [5, 5.41) is 4.25.